The molecule has 0 amide bonds. The normalized spacial score (nSPS) is 12.1. The first kappa shape index (κ1) is 16.5. The van der Waals surface area contributed by atoms with Gasteiger partial charge in [0, 0.05) is 18.2 Å². The van der Waals surface area contributed by atoms with Crippen LogP contribution in [0.3, 0.4) is 0 Å². The summed E-state index contributed by atoms with van der Waals surface area (Å²) in [5.74, 6) is 0.452. The largest absolute Gasteiger partial charge is 0.489 e. The third-order valence-electron chi connectivity index (χ3n) is 3.56. The van der Waals surface area contributed by atoms with Crippen molar-refractivity contribution in [2.24, 2.45) is 0 Å². The summed E-state index contributed by atoms with van der Waals surface area (Å²) in [7, 11) is 0. The quantitative estimate of drug-likeness (QED) is 0.786. The van der Waals surface area contributed by atoms with Crippen LogP contribution in [0.1, 0.15) is 24.5 Å². The molecular weight excluding hydrogens is 281 g/mol. The zero-order valence-electron chi connectivity index (χ0n) is 12.8. The van der Waals surface area contributed by atoms with Crippen LogP contribution in [0.5, 0.6) is 5.75 Å². The van der Waals surface area contributed by atoms with Crippen molar-refractivity contribution < 1.29 is 14.2 Å². The van der Waals surface area contributed by atoms with Crippen molar-refractivity contribution in [2.75, 3.05) is 6.61 Å². The highest BCUT2D eigenvalue weighted by molar-refractivity contribution is 5.29. The Bertz CT molecular complexity index is 585. The van der Waals surface area contributed by atoms with Gasteiger partial charge >= 0.3 is 0 Å². The van der Waals surface area contributed by atoms with Crippen molar-refractivity contribution in [1.82, 2.24) is 5.32 Å². The minimum Gasteiger partial charge on any atom is -0.489 e. The zero-order chi connectivity index (χ0) is 15.8. The fraction of sp³-hybridized carbons (Fsp3) is 0.333. The van der Waals surface area contributed by atoms with E-state index in [4.69, 9.17) is 4.74 Å². The molecule has 0 heterocycles. The molecule has 0 aliphatic heterocycles. The molecule has 22 heavy (non-hydrogen) atoms. The Balaban J connectivity index is 1.92. The number of benzene rings is 2. The molecule has 0 aliphatic carbocycles. The lowest BCUT2D eigenvalue weighted by Gasteiger charge is -2.14. The Morgan fingerprint density at radius 2 is 2.00 bits per heavy atom. The summed E-state index contributed by atoms with van der Waals surface area (Å²) in [6.45, 7) is 3.02. The first-order valence-corrected chi connectivity index (χ1v) is 7.52. The number of hydrogen-bond acceptors (Lipinski definition) is 3. The molecule has 0 saturated heterocycles. The van der Waals surface area contributed by atoms with Gasteiger partial charge in [-0.15, -0.1) is 0 Å². The van der Waals surface area contributed by atoms with Gasteiger partial charge in [-0.05, 0) is 30.2 Å². The topological polar surface area (TPSA) is 41.5 Å². The monoisotopic (exact) mass is 303 g/mol. The molecule has 0 unspecified atom stereocenters. The molecule has 2 aromatic carbocycles. The molecule has 2 N–H and O–H groups in total. The SMILES string of the molecule is CC[C@@H](CO)NCc1cccc(OCc2ccccc2F)c1. The molecular formula is C18H22FNO2. The first-order valence-electron chi connectivity index (χ1n) is 7.52. The van der Waals surface area contributed by atoms with Crippen LogP contribution >= 0.6 is 0 Å². The fourth-order valence-corrected chi connectivity index (χ4v) is 2.12. The van der Waals surface area contributed by atoms with Gasteiger partial charge in [-0.2, -0.15) is 0 Å². The van der Waals surface area contributed by atoms with Crippen LogP contribution in [0.25, 0.3) is 0 Å². The van der Waals surface area contributed by atoms with Crippen LogP contribution in [0.2, 0.25) is 0 Å². The van der Waals surface area contributed by atoms with E-state index in [1.165, 1.54) is 6.07 Å². The molecule has 4 heteroatoms. The van der Waals surface area contributed by atoms with Crippen LogP contribution in [-0.4, -0.2) is 17.8 Å². The molecule has 0 saturated carbocycles. The summed E-state index contributed by atoms with van der Waals surface area (Å²) in [6.07, 6.45) is 0.875. The summed E-state index contributed by atoms with van der Waals surface area (Å²) >= 11 is 0. The Kier molecular flexibility index (Phi) is 6.37. The summed E-state index contributed by atoms with van der Waals surface area (Å²) in [6, 6.07) is 14.4. The molecule has 0 spiro atoms. The molecule has 1 atom stereocenters. The van der Waals surface area contributed by atoms with E-state index < -0.39 is 0 Å². The number of aliphatic hydroxyl groups is 1. The first-order chi connectivity index (χ1) is 10.7. The number of aliphatic hydroxyl groups excluding tert-OH is 1. The van der Waals surface area contributed by atoms with Gasteiger partial charge in [0.15, 0.2) is 0 Å². The number of ether oxygens (including phenoxy) is 1. The van der Waals surface area contributed by atoms with Gasteiger partial charge in [-0.25, -0.2) is 4.39 Å². The van der Waals surface area contributed by atoms with E-state index >= 15 is 0 Å². The predicted octanol–water partition coefficient (Wildman–Crippen LogP) is 3.27. The Morgan fingerprint density at radius 1 is 1.18 bits per heavy atom. The Morgan fingerprint density at radius 3 is 2.73 bits per heavy atom. The highest BCUT2D eigenvalue weighted by Crippen LogP contribution is 2.16. The average Bonchev–Trinajstić information content (AvgIpc) is 2.55. The van der Waals surface area contributed by atoms with Crippen molar-refractivity contribution in [2.45, 2.75) is 32.5 Å². The second-order valence-corrected chi connectivity index (χ2v) is 5.20. The molecule has 118 valence electrons. The van der Waals surface area contributed by atoms with E-state index in [-0.39, 0.29) is 25.1 Å². The summed E-state index contributed by atoms with van der Waals surface area (Å²) in [5.41, 5.74) is 1.61. The second kappa shape index (κ2) is 8.51. The molecule has 0 aliphatic rings. The van der Waals surface area contributed by atoms with Crippen molar-refractivity contribution in [3.63, 3.8) is 0 Å². The molecule has 0 fully saturated rings. The lowest BCUT2D eigenvalue weighted by molar-refractivity contribution is 0.238. The zero-order valence-corrected chi connectivity index (χ0v) is 12.8. The number of rotatable bonds is 8. The molecule has 2 aromatic rings. The molecule has 0 radical (unpaired) electrons. The number of hydrogen-bond donors (Lipinski definition) is 2. The third kappa shape index (κ3) is 4.83. The predicted molar refractivity (Wildman–Crippen MR) is 85.2 cm³/mol. The Labute approximate surface area is 130 Å². The smallest absolute Gasteiger partial charge is 0.129 e. The van der Waals surface area contributed by atoms with E-state index in [1.54, 1.807) is 18.2 Å². The van der Waals surface area contributed by atoms with Crippen molar-refractivity contribution in [1.29, 1.82) is 0 Å². The maximum Gasteiger partial charge on any atom is 0.129 e. The average molecular weight is 303 g/mol. The Hall–Kier alpha value is -1.91. The van der Waals surface area contributed by atoms with E-state index in [0.717, 1.165) is 12.0 Å². The highest BCUT2D eigenvalue weighted by atomic mass is 19.1. The lowest BCUT2D eigenvalue weighted by atomic mass is 10.2. The minimum atomic E-state index is -0.256. The van der Waals surface area contributed by atoms with Crippen LogP contribution in [0.4, 0.5) is 4.39 Å². The van der Waals surface area contributed by atoms with Gasteiger partial charge in [-0.3, -0.25) is 0 Å². The van der Waals surface area contributed by atoms with Crippen LogP contribution in [0.15, 0.2) is 48.5 Å². The maximum atomic E-state index is 13.5. The minimum absolute atomic E-state index is 0.1000. The van der Waals surface area contributed by atoms with E-state index in [2.05, 4.69) is 5.32 Å². The molecule has 0 aromatic heterocycles. The lowest BCUT2D eigenvalue weighted by Crippen LogP contribution is -2.31. The fourth-order valence-electron chi connectivity index (χ4n) is 2.12. The van der Waals surface area contributed by atoms with Crippen molar-refractivity contribution in [3.8, 4) is 5.75 Å². The number of nitrogens with one attached hydrogen (secondary N) is 1. The van der Waals surface area contributed by atoms with Gasteiger partial charge in [0.05, 0.1) is 6.61 Å². The molecule has 3 nitrogen and oxygen atoms in total. The van der Waals surface area contributed by atoms with E-state index in [1.807, 2.05) is 31.2 Å². The van der Waals surface area contributed by atoms with Gasteiger partial charge in [0.1, 0.15) is 18.2 Å². The molecule has 2 rings (SSSR count). The highest BCUT2D eigenvalue weighted by Gasteiger charge is 2.05. The second-order valence-electron chi connectivity index (χ2n) is 5.20. The van der Waals surface area contributed by atoms with Gasteiger partial charge < -0.3 is 15.2 Å². The summed E-state index contributed by atoms with van der Waals surface area (Å²) in [5, 5.41) is 12.5. The van der Waals surface area contributed by atoms with E-state index in [9.17, 15) is 9.50 Å². The van der Waals surface area contributed by atoms with Crippen molar-refractivity contribution >= 4 is 0 Å². The van der Waals surface area contributed by atoms with Crippen LogP contribution in [0, 0.1) is 5.82 Å². The van der Waals surface area contributed by atoms with E-state index in [0.29, 0.717) is 17.9 Å². The molecule has 0 bridgehead atoms. The van der Waals surface area contributed by atoms with Crippen LogP contribution < -0.4 is 10.1 Å². The van der Waals surface area contributed by atoms with Gasteiger partial charge in [-0.1, -0.05) is 37.3 Å². The van der Waals surface area contributed by atoms with Gasteiger partial charge in [0.25, 0.3) is 0 Å². The summed E-state index contributed by atoms with van der Waals surface area (Å²) in [4.78, 5) is 0. The maximum absolute atomic E-state index is 13.5. The van der Waals surface area contributed by atoms with Gasteiger partial charge in [0.2, 0.25) is 0 Å². The van der Waals surface area contributed by atoms with Crippen LogP contribution in [-0.2, 0) is 13.2 Å². The third-order valence-corrected chi connectivity index (χ3v) is 3.56. The number of halogens is 1. The summed E-state index contributed by atoms with van der Waals surface area (Å²) < 4.78 is 19.2. The standard InChI is InChI=1S/C18H22FNO2/c1-2-16(12-21)20-11-14-6-5-8-17(10-14)22-13-15-7-3-4-9-18(15)19/h3-10,16,20-21H,2,11-13H2,1H3/t16-/m0/s1. The van der Waals surface area contributed by atoms with Crippen molar-refractivity contribution in [3.05, 3.63) is 65.5 Å².